The number of nitrogens with zero attached hydrogens (tertiary/aromatic N) is 2. The average molecular weight is 407 g/mol. The number of hydrogen-bond donors (Lipinski definition) is 1. The van der Waals surface area contributed by atoms with Crippen LogP contribution in [-0.4, -0.2) is 41.2 Å². The maximum absolute atomic E-state index is 13.2. The minimum Gasteiger partial charge on any atom is -0.340 e. The molecule has 0 radical (unpaired) electrons. The van der Waals surface area contributed by atoms with Crippen LogP contribution in [0.25, 0.3) is 10.8 Å². The third-order valence-corrected chi connectivity index (χ3v) is 6.05. The van der Waals surface area contributed by atoms with Gasteiger partial charge in [0.2, 0.25) is 5.91 Å². The topological polar surface area (TPSA) is 69.7 Å². The number of fused-ring (bicyclic) bond motifs is 1. The molecule has 0 unspecified atom stereocenters. The molecule has 7 heteroatoms. The van der Waals surface area contributed by atoms with Crippen LogP contribution in [0.2, 0.25) is 0 Å². The molecule has 3 aromatic rings. The summed E-state index contributed by atoms with van der Waals surface area (Å²) in [6, 6.07) is 14.8. The van der Waals surface area contributed by atoms with Gasteiger partial charge in [0.1, 0.15) is 12.1 Å². The van der Waals surface area contributed by atoms with Crippen LogP contribution in [0.3, 0.4) is 0 Å². The van der Waals surface area contributed by atoms with Crippen molar-refractivity contribution in [2.45, 2.75) is 19.0 Å². The van der Waals surface area contributed by atoms with Gasteiger partial charge in [0, 0.05) is 13.6 Å². The first-order chi connectivity index (χ1) is 13.9. The zero-order chi connectivity index (χ0) is 20.6. The molecule has 0 spiro atoms. The molecule has 2 aromatic carbocycles. The predicted molar refractivity (Wildman–Crippen MR) is 112 cm³/mol. The van der Waals surface area contributed by atoms with E-state index in [9.17, 15) is 14.4 Å². The van der Waals surface area contributed by atoms with Crippen LogP contribution in [-0.2, 0) is 21.7 Å². The lowest BCUT2D eigenvalue weighted by Gasteiger charge is -2.24. The summed E-state index contributed by atoms with van der Waals surface area (Å²) in [4.78, 5) is 41.0. The molecule has 0 bridgehead atoms. The number of rotatable bonds is 5. The molecule has 4 amide bonds. The Morgan fingerprint density at radius 3 is 2.66 bits per heavy atom. The van der Waals surface area contributed by atoms with Gasteiger partial charge in [-0.1, -0.05) is 42.5 Å². The predicted octanol–water partition coefficient (Wildman–Crippen LogP) is 3.33. The second-order valence-corrected chi connectivity index (χ2v) is 8.13. The van der Waals surface area contributed by atoms with Crippen LogP contribution in [0.4, 0.5) is 4.79 Å². The Morgan fingerprint density at radius 1 is 1.14 bits per heavy atom. The molecule has 1 aliphatic rings. The van der Waals surface area contributed by atoms with Crippen LogP contribution in [0.15, 0.2) is 59.3 Å². The molecule has 1 aromatic heterocycles. The van der Waals surface area contributed by atoms with E-state index in [0.29, 0.717) is 6.54 Å². The number of imide groups is 1. The third-order valence-electron chi connectivity index (χ3n) is 5.32. The Labute approximate surface area is 172 Å². The monoisotopic (exact) mass is 407 g/mol. The van der Waals surface area contributed by atoms with Crippen LogP contribution < -0.4 is 5.32 Å². The van der Waals surface area contributed by atoms with Gasteiger partial charge in [-0.05, 0) is 45.6 Å². The Kier molecular flexibility index (Phi) is 4.84. The first kappa shape index (κ1) is 19.1. The van der Waals surface area contributed by atoms with Crippen LogP contribution in [0.1, 0.15) is 18.1 Å². The van der Waals surface area contributed by atoms with E-state index < -0.39 is 17.5 Å². The smallest absolute Gasteiger partial charge is 0.325 e. The highest BCUT2D eigenvalue weighted by Crippen LogP contribution is 2.33. The Morgan fingerprint density at radius 2 is 1.90 bits per heavy atom. The van der Waals surface area contributed by atoms with Gasteiger partial charge < -0.3 is 10.2 Å². The number of amides is 4. The summed E-state index contributed by atoms with van der Waals surface area (Å²) in [7, 11) is 1.67. The molecule has 1 fully saturated rings. The van der Waals surface area contributed by atoms with Crippen molar-refractivity contribution in [3.05, 3.63) is 70.4 Å². The normalized spacial score (nSPS) is 18.9. The van der Waals surface area contributed by atoms with Gasteiger partial charge in [0.05, 0.1) is 0 Å². The highest BCUT2D eigenvalue weighted by Gasteiger charge is 2.50. The zero-order valence-electron chi connectivity index (χ0n) is 16.2. The fourth-order valence-corrected chi connectivity index (χ4v) is 4.34. The van der Waals surface area contributed by atoms with Gasteiger partial charge in [0.25, 0.3) is 5.91 Å². The molecular weight excluding hydrogens is 386 g/mol. The van der Waals surface area contributed by atoms with Gasteiger partial charge in [0.15, 0.2) is 0 Å². The molecule has 4 rings (SSSR count). The quantitative estimate of drug-likeness (QED) is 0.660. The standard InChI is InChI=1S/C22H21N3O3S/c1-22(18-9-5-7-16-6-3-4-8-17(16)18)20(27)25(21(28)23-22)13-19(26)24(2)12-15-10-11-29-14-15/h3-11,14H,12-13H2,1-2H3,(H,23,28)/t22-/m1/s1. The number of thiophene rings is 1. The number of carbonyl (C=O) groups excluding carboxylic acids is 3. The van der Waals surface area contributed by atoms with E-state index in [4.69, 9.17) is 0 Å². The van der Waals surface area contributed by atoms with E-state index >= 15 is 0 Å². The summed E-state index contributed by atoms with van der Waals surface area (Å²) in [6.45, 7) is 1.84. The number of likely N-dealkylation sites (N-methyl/N-ethyl adjacent to an activating group) is 1. The van der Waals surface area contributed by atoms with Crippen molar-refractivity contribution in [3.8, 4) is 0 Å². The van der Waals surface area contributed by atoms with Crippen molar-refractivity contribution in [1.82, 2.24) is 15.1 Å². The van der Waals surface area contributed by atoms with Gasteiger partial charge >= 0.3 is 6.03 Å². The Hall–Kier alpha value is -3.19. The van der Waals surface area contributed by atoms with E-state index in [1.807, 2.05) is 59.3 Å². The third kappa shape index (κ3) is 3.38. The Balaban J connectivity index is 1.57. The second kappa shape index (κ2) is 7.33. The molecule has 1 atom stereocenters. The molecule has 0 aliphatic carbocycles. The summed E-state index contributed by atoms with van der Waals surface area (Å²) in [5.41, 5.74) is 0.517. The van der Waals surface area contributed by atoms with Crippen LogP contribution >= 0.6 is 11.3 Å². The van der Waals surface area contributed by atoms with Crippen molar-refractivity contribution in [2.24, 2.45) is 0 Å². The van der Waals surface area contributed by atoms with Crippen molar-refractivity contribution in [2.75, 3.05) is 13.6 Å². The van der Waals surface area contributed by atoms with Crippen LogP contribution in [0.5, 0.6) is 0 Å². The summed E-state index contributed by atoms with van der Waals surface area (Å²) in [5.74, 6) is -0.710. The minimum atomic E-state index is -1.22. The molecule has 1 aliphatic heterocycles. The highest BCUT2D eigenvalue weighted by molar-refractivity contribution is 7.07. The lowest BCUT2D eigenvalue weighted by Crippen LogP contribution is -2.43. The lowest BCUT2D eigenvalue weighted by molar-refractivity contribution is -0.138. The average Bonchev–Trinajstić information content (AvgIpc) is 3.30. The van der Waals surface area contributed by atoms with Gasteiger partial charge in [-0.25, -0.2) is 4.79 Å². The molecule has 1 N–H and O–H groups in total. The van der Waals surface area contributed by atoms with E-state index in [-0.39, 0.29) is 12.5 Å². The summed E-state index contributed by atoms with van der Waals surface area (Å²) >= 11 is 1.56. The number of hydrogen-bond acceptors (Lipinski definition) is 4. The lowest BCUT2D eigenvalue weighted by atomic mass is 9.88. The first-order valence-electron chi connectivity index (χ1n) is 9.27. The molecule has 29 heavy (non-hydrogen) atoms. The van der Waals surface area contributed by atoms with Gasteiger partial charge in [-0.3, -0.25) is 14.5 Å². The van der Waals surface area contributed by atoms with E-state index in [0.717, 1.165) is 26.8 Å². The minimum absolute atomic E-state index is 0.286. The Bertz CT molecular complexity index is 1090. The van der Waals surface area contributed by atoms with Gasteiger partial charge in [-0.15, -0.1) is 0 Å². The zero-order valence-corrected chi connectivity index (χ0v) is 17.0. The van der Waals surface area contributed by atoms with E-state index in [2.05, 4.69) is 5.32 Å². The molecule has 2 heterocycles. The number of urea groups is 1. The first-order valence-corrected chi connectivity index (χ1v) is 10.2. The summed E-state index contributed by atoms with van der Waals surface area (Å²) < 4.78 is 0. The fourth-order valence-electron chi connectivity index (χ4n) is 3.69. The molecule has 0 saturated carbocycles. The van der Waals surface area contributed by atoms with Crippen molar-refractivity contribution in [1.29, 1.82) is 0 Å². The largest absolute Gasteiger partial charge is 0.340 e. The highest BCUT2D eigenvalue weighted by atomic mass is 32.1. The summed E-state index contributed by atoms with van der Waals surface area (Å²) in [5, 5.41) is 8.59. The molecule has 148 valence electrons. The van der Waals surface area contributed by atoms with Crippen molar-refractivity contribution < 1.29 is 14.4 Å². The number of benzene rings is 2. The summed E-state index contributed by atoms with van der Waals surface area (Å²) in [6.07, 6.45) is 0. The SMILES string of the molecule is CN(Cc1ccsc1)C(=O)CN1C(=O)N[C@](C)(c2cccc3ccccc23)C1=O. The van der Waals surface area contributed by atoms with Gasteiger partial charge in [-0.2, -0.15) is 11.3 Å². The maximum atomic E-state index is 13.2. The molecule has 1 saturated heterocycles. The van der Waals surface area contributed by atoms with E-state index in [1.54, 1.807) is 25.3 Å². The molecular formula is C22H21N3O3S. The number of nitrogens with one attached hydrogen (secondary N) is 1. The maximum Gasteiger partial charge on any atom is 0.325 e. The number of carbonyl (C=O) groups is 3. The van der Waals surface area contributed by atoms with E-state index in [1.165, 1.54) is 4.90 Å². The molecule has 6 nitrogen and oxygen atoms in total. The van der Waals surface area contributed by atoms with Crippen LogP contribution in [0, 0.1) is 0 Å². The van der Waals surface area contributed by atoms with Crippen molar-refractivity contribution in [3.63, 3.8) is 0 Å². The fraction of sp³-hybridized carbons (Fsp3) is 0.227. The van der Waals surface area contributed by atoms with Crippen molar-refractivity contribution >= 4 is 40.0 Å². The second-order valence-electron chi connectivity index (χ2n) is 7.35.